The number of pyridine rings is 1. The molecule has 1 aromatic heterocycles. The first-order chi connectivity index (χ1) is 12.2. The van der Waals surface area contributed by atoms with Crippen LogP contribution in [0, 0.1) is 5.82 Å². The molecule has 0 saturated carbocycles. The Morgan fingerprint density at radius 1 is 1.16 bits per heavy atom. The second-order valence-corrected chi connectivity index (χ2v) is 5.68. The molecule has 3 aromatic rings. The van der Waals surface area contributed by atoms with Crippen LogP contribution in [-0.4, -0.2) is 31.2 Å². The lowest BCUT2D eigenvalue weighted by atomic mass is 10.0. The molecule has 0 aliphatic carbocycles. The zero-order chi connectivity index (χ0) is 17.6. The topological polar surface area (TPSA) is 51.2 Å². The van der Waals surface area contributed by atoms with Gasteiger partial charge in [-0.3, -0.25) is 4.79 Å². The van der Waals surface area contributed by atoms with Crippen LogP contribution in [0.15, 0.2) is 54.6 Å². The van der Waals surface area contributed by atoms with Crippen molar-refractivity contribution in [2.45, 2.75) is 6.42 Å². The van der Waals surface area contributed by atoms with E-state index in [1.807, 2.05) is 30.3 Å². The van der Waals surface area contributed by atoms with E-state index in [1.54, 1.807) is 19.2 Å². The molecular weight excluding hydrogens is 319 g/mol. The molecule has 5 heteroatoms. The molecule has 0 fully saturated rings. The fraction of sp³-hybridized carbons (Fsp3) is 0.200. The number of fused-ring (bicyclic) bond motifs is 1. The molecule has 1 amide bonds. The summed E-state index contributed by atoms with van der Waals surface area (Å²) >= 11 is 0. The Labute approximate surface area is 145 Å². The van der Waals surface area contributed by atoms with Crippen molar-refractivity contribution in [2.75, 3.05) is 20.3 Å². The van der Waals surface area contributed by atoms with Crippen molar-refractivity contribution in [3.63, 3.8) is 0 Å². The quantitative estimate of drug-likeness (QED) is 0.696. The highest BCUT2D eigenvalue weighted by Gasteiger charge is 2.14. The second-order valence-electron chi connectivity index (χ2n) is 5.68. The number of carbonyl (C=O) groups is 1. The van der Waals surface area contributed by atoms with E-state index in [1.165, 1.54) is 12.1 Å². The summed E-state index contributed by atoms with van der Waals surface area (Å²) in [5, 5.41) is 3.36. The Kier molecular flexibility index (Phi) is 5.36. The normalized spacial score (nSPS) is 10.8. The molecule has 0 bridgehead atoms. The van der Waals surface area contributed by atoms with Gasteiger partial charge in [-0.1, -0.05) is 30.3 Å². The van der Waals surface area contributed by atoms with Gasteiger partial charge in [0.2, 0.25) is 0 Å². The fourth-order valence-electron chi connectivity index (χ4n) is 2.66. The molecule has 4 nitrogen and oxygen atoms in total. The van der Waals surface area contributed by atoms with Crippen LogP contribution >= 0.6 is 0 Å². The molecule has 1 heterocycles. The van der Waals surface area contributed by atoms with Gasteiger partial charge in [0, 0.05) is 31.2 Å². The van der Waals surface area contributed by atoms with Crippen LogP contribution in [0.1, 0.15) is 16.8 Å². The van der Waals surface area contributed by atoms with E-state index in [-0.39, 0.29) is 5.91 Å². The average Bonchev–Trinajstić information content (AvgIpc) is 2.65. The molecular formula is C20H19FN2O2. The molecule has 0 saturated heterocycles. The number of hydrogen-bond donors (Lipinski definition) is 1. The third kappa shape index (κ3) is 4.00. The van der Waals surface area contributed by atoms with Crippen LogP contribution in [0.2, 0.25) is 0 Å². The molecule has 0 atom stereocenters. The summed E-state index contributed by atoms with van der Waals surface area (Å²) in [7, 11) is 1.62. The summed E-state index contributed by atoms with van der Waals surface area (Å²) in [5.74, 6) is -0.638. The maximum atomic E-state index is 13.7. The maximum Gasteiger partial charge on any atom is 0.252 e. The Morgan fingerprint density at radius 3 is 2.72 bits per heavy atom. The second kappa shape index (κ2) is 7.85. The molecule has 0 aliphatic heterocycles. The lowest BCUT2D eigenvalue weighted by Gasteiger charge is -2.11. The lowest BCUT2D eigenvalue weighted by Crippen LogP contribution is -2.25. The van der Waals surface area contributed by atoms with Crippen LogP contribution in [0.4, 0.5) is 4.39 Å². The summed E-state index contributed by atoms with van der Waals surface area (Å²) in [6.07, 6.45) is 0.713. The SMILES string of the molecule is COCCCNC(=O)c1cc(-c2ccccc2)nc2ccc(F)cc12. The predicted octanol–water partition coefficient (Wildman–Crippen LogP) is 3.81. The van der Waals surface area contributed by atoms with Crippen LogP contribution in [0.3, 0.4) is 0 Å². The minimum atomic E-state index is -0.393. The van der Waals surface area contributed by atoms with Crippen molar-refractivity contribution in [2.24, 2.45) is 0 Å². The smallest absolute Gasteiger partial charge is 0.252 e. The number of hydrogen-bond acceptors (Lipinski definition) is 3. The van der Waals surface area contributed by atoms with Gasteiger partial charge < -0.3 is 10.1 Å². The number of nitrogens with zero attached hydrogens (tertiary/aromatic N) is 1. The number of halogens is 1. The largest absolute Gasteiger partial charge is 0.385 e. The molecule has 128 valence electrons. The minimum Gasteiger partial charge on any atom is -0.385 e. The predicted molar refractivity (Wildman–Crippen MR) is 96.0 cm³/mol. The van der Waals surface area contributed by atoms with Gasteiger partial charge in [-0.25, -0.2) is 9.37 Å². The van der Waals surface area contributed by atoms with Gasteiger partial charge in [0.05, 0.1) is 16.8 Å². The van der Waals surface area contributed by atoms with E-state index < -0.39 is 5.82 Å². The van der Waals surface area contributed by atoms with Gasteiger partial charge >= 0.3 is 0 Å². The van der Waals surface area contributed by atoms with Crippen molar-refractivity contribution in [3.8, 4) is 11.3 Å². The van der Waals surface area contributed by atoms with Gasteiger partial charge in [-0.2, -0.15) is 0 Å². The Morgan fingerprint density at radius 2 is 1.96 bits per heavy atom. The van der Waals surface area contributed by atoms with Crippen LogP contribution in [-0.2, 0) is 4.74 Å². The third-order valence-electron chi connectivity index (χ3n) is 3.90. The molecule has 0 unspecified atom stereocenters. The van der Waals surface area contributed by atoms with E-state index in [0.29, 0.717) is 41.7 Å². The summed E-state index contributed by atoms with van der Waals surface area (Å²) in [5.41, 5.74) is 2.59. The number of ether oxygens (including phenoxy) is 1. The fourth-order valence-corrected chi connectivity index (χ4v) is 2.66. The van der Waals surface area contributed by atoms with Crippen LogP contribution in [0.25, 0.3) is 22.2 Å². The molecule has 1 N–H and O–H groups in total. The van der Waals surface area contributed by atoms with E-state index in [4.69, 9.17) is 4.74 Å². The molecule has 2 aromatic carbocycles. The van der Waals surface area contributed by atoms with Gasteiger partial charge in [0.25, 0.3) is 5.91 Å². The number of rotatable bonds is 6. The number of methoxy groups -OCH3 is 1. The zero-order valence-electron chi connectivity index (χ0n) is 14.0. The number of amides is 1. The molecule has 0 radical (unpaired) electrons. The maximum absolute atomic E-state index is 13.7. The highest BCUT2D eigenvalue weighted by atomic mass is 19.1. The van der Waals surface area contributed by atoms with Crippen molar-refractivity contribution < 1.29 is 13.9 Å². The summed E-state index contributed by atoms with van der Waals surface area (Å²) < 4.78 is 18.7. The van der Waals surface area contributed by atoms with E-state index in [0.717, 1.165) is 5.56 Å². The van der Waals surface area contributed by atoms with Crippen LogP contribution < -0.4 is 5.32 Å². The van der Waals surface area contributed by atoms with E-state index >= 15 is 0 Å². The Balaban J connectivity index is 2.01. The summed E-state index contributed by atoms with van der Waals surface area (Å²) in [4.78, 5) is 17.2. The minimum absolute atomic E-state index is 0.244. The third-order valence-corrected chi connectivity index (χ3v) is 3.90. The van der Waals surface area contributed by atoms with Gasteiger partial charge in [0.1, 0.15) is 5.82 Å². The monoisotopic (exact) mass is 338 g/mol. The first kappa shape index (κ1) is 17.0. The number of aromatic nitrogens is 1. The Hall–Kier alpha value is -2.79. The lowest BCUT2D eigenvalue weighted by molar-refractivity contribution is 0.0950. The highest BCUT2D eigenvalue weighted by Crippen LogP contribution is 2.25. The first-order valence-corrected chi connectivity index (χ1v) is 8.12. The van der Waals surface area contributed by atoms with Crippen molar-refractivity contribution in [1.29, 1.82) is 0 Å². The Bertz CT molecular complexity index is 882. The van der Waals surface area contributed by atoms with Crippen molar-refractivity contribution >= 4 is 16.8 Å². The number of benzene rings is 2. The van der Waals surface area contributed by atoms with Gasteiger partial charge in [0.15, 0.2) is 0 Å². The molecule has 0 aliphatic rings. The van der Waals surface area contributed by atoms with Crippen LogP contribution in [0.5, 0.6) is 0 Å². The number of carbonyl (C=O) groups excluding carboxylic acids is 1. The standard InChI is InChI=1S/C20H19FN2O2/c1-25-11-5-10-22-20(24)17-13-19(14-6-3-2-4-7-14)23-18-9-8-15(21)12-16(17)18/h2-4,6-9,12-13H,5,10-11H2,1H3,(H,22,24). The highest BCUT2D eigenvalue weighted by molar-refractivity contribution is 6.07. The average molecular weight is 338 g/mol. The van der Waals surface area contributed by atoms with Crippen molar-refractivity contribution in [1.82, 2.24) is 10.3 Å². The molecule has 3 rings (SSSR count). The van der Waals surface area contributed by atoms with E-state index in [2.05, 4.69) is 10.3 Å². The summed E-state index contributed by atoms with van der Waals surface area (Å²) in [6.45, 7) is 1.06. The molecule has 0 spiro atoms. The van der Waals surface area contributed by atoms with Gasteiger partial charge in [-0.15, -0.1) is 0 Å². The zero-order valence-corrected chi connectivity index (χ0v) is 14.0. The van der Waals surface area contributed by atoms with Gasteiger partial charge in [-0.05, 0) is 30.7 Å². The van der Waals surface area contributed by atoms with Crippen molar-refractivity contribution in [3.05, 3.63) is 66.0 Å². The van der Waals surface area contributed by atoms with E-state index in [9.17, 15) is 9.18 Å². The first-order valence-electron chi connectivity index (χ1n) is 8.12. The molecule has 25 heavy (non-hydrogen) atoms. The number of nitrogens with one attached hydrogen (secondary N) is 1. The summed E-state index contributed by atoms with van der Waals surface area (Å²) in [6, 6.07) is 15.6.